The molecule has 5 heteroatoms. The van der Waals surface area contributed by atoms with E-state index >= 15 is 0 Å². The number of nitrogens with one attached hydrogen (secondary N) is 1. The number of hydrogen-bond donors (Lipinski definition) is 1. The zero-order chi connectivity index (χ0) is 12.3. The minimum absolute atomic E-state index is 0.773. The second kappa shape index (κ2) is 5.42. The molecule has 0 aliphatic carbocycles. The van der Waals surface area contributed by atoms with Gasteiger partial charge in [0.05, 0.1) is 17.6 Å². The van der Waals surface area contributed by atoms with Crippen LogP contribution >= 0.6 is 15.9 Å². The van der Waals surface area contributed by atoms with Crippen molar-refractivity contribution >= 4 is 15.9 Å². The number of rotatable bonds is 4. The molecule has 0 fully saturated rings. The zero-order valence-electron chi connectivity index (χ0n) is 9.94. The van der Waals surface area contributed by atoms with Gasteiger partial charge in [-0.05, 0) is 31.2 Å². The molecule has 2 aromatic rings. The third kappa shape index (κ3) is 2.56. The lowest BCUT2D eigenvalue weighted by Crippen LogP contribution is -2.15. The Kier molecular flexibility index (Phi) is 3.91. The molecule has 4 nitrogen and oxygen atoms in total. The van der Waals surface area contributed by atoms with Crippen molar-refractivity contribution in [3.8, 4) is 5.69 Å². The number of halogens is 1. The fourth-order valence-electron chi connectivity index (χ4n) is 1.66. The van der Waals surface area contributed by atoms with Crippen LogP contribution in [0, 0.1) is 6.92 Å². The fourth-order valence-corrected chi connectivity index (χ4v) is 2.01. The number of nitrogens with zero attached hydrogens (tertiary/aromatic N) is 3. The molecule has 1 heterocycles. The Hall–Kier alpha value is -1.20. The average Bonchev–Trinajstić information content (AvgIpc) is 2.78. The summed E-state index contributed by atoms with van der Waals surface area (Å²) in [6, 6.07) is 6.08. The van der Waals surface area contributed by atoms with Gasteiger partial charge >= 0.3 is 0 Å². The first kappa shape index (κ1) is 12.3. The lowest BCUT2D eigenvalue weighted by molar-refractivity contribution is 0.671. The molecule has 1 aromatic heterocycles. The van der Waals surface area contributed by atoms with Crippen molar-refractivity contribution in [1.82, 2.24) is 20.3 Å². The van der Waals surface area contributed by atoms with E-state index in [1.54, 1.807) is 6.20 Å². The summed E-state index contributed by atoms with van der Waals surface area (Å²) in [6.45, 7) is 5.86. The van der Waals surface area contributed by atoms with E-state index in [0.29, 0.717) is 0 Å². The van der Waals surface area contributed by atoms with Crippen molar-refractivity contribution in [2.45, 2.75) is 20.4 Å². The molecule has 0 amide bonds. The van der Waals surface area contributed by atoms with Crippen LogP contribution in [-0.4, -0.2) is 21.5 Å². The van der Waals surface area contributed by atoms with Crippen molar-refractivity contribution in [2.75, 3.05) is 6.54 Å². The summed E-state index contributed by atoms with van der Waals surface area (Å²) in [5.41, 5.74) is 3.29. The highest BCUT2D eigenvalue weighted by Crippen LogP contribution is 2.22. The van der Waals surface area contributed by atoms with Gasteiger partial charge in [-0.1, -0.05) is 34.1 Å². The molecule has 0 saturated carbocycles. The zero-order valence-corrected chi connectivity index (χ0v) is 11.5. The Bertz CT molecular complexity index is 507. The summed E-state index contributed by atoms with van der Waals surface area (Å²) in [5, 5.41) is 11.4. The average molecular weight is 295 g/mol. The van der Waals surface area contributed by atoms with Gasteiger partial charge in [0.25, 0.3) is 0 Å². The van der Waals surface area contributed by atoms with Gasteiger partial charge in [0.15, 0.2) is 0 Å². The lowest BCUT2D eigenvalue weighted by atomic mass is 10.2. The van der Waals surface area contributed by atoms with E-state index in [4.69, 9.17) is 0 Å². The third-order valence-corrected chi connectivity index (χ3v) is 3.50. The molecule has 0 radical (unpaired) electrons. The SMILES string of the molecule is CCNCc1cnnn1-c1cccc(Br)c1C. The summed E-state index contributed by atoms with van der Waals surface area (Å²) in [7, 11) is 0. The van der Waals surface area contributed by atoms with Gasteiger partial charge < -0.3 is 5.32 Å². The Labute approximate surface area is 109 Å². The fraction of sp³-hybridized carbons (Fsp3) is 0.333. The van der Waals surface area contributed by atoms with Crippen molar-refractivity contribution in [2.24, 2.45) is 0 Å². The molecule has 1 N–H and O–H groups in total. The second-order valence-corrected chi connectivity index (χ2v) is 4.66. The van der Waals surface area contributed by atoms with Crippen molar-refractivity contribution in [3.05, 3.63) is 40.1 Å². The molecular formula is C12H15BrN4. The van der Waals surface area contributed by atoms with Gasteiger partial charge in [-0.3, -0.25) is 0 Å². The largest absolute Gasteiger partial charge is 0.311 e. The molecule has 17 heavy (non-hydrogen) atoms. The Balaban J connectivity index is 2.39. The van der Waals surface area contributed by atoms with Crippen molar-refractivity contribution < 1.29 is 0 Å². The standard InChI is InChI=1S/C12H15BrN4/c1-3-14-7-10-8-15-16-17(10)12-6-4-5-11(13)9(12)2/h4-6,8,14H,3,7H2,1-2H3. The Morgan fingerprint density at radius 3 is 3.00 bits per heavy atom. The molecule has 1 aromatic carbocycles. The predicted molar refractivity (Wildman–Crippen MR) is 71.2 cm³/mol. The maximum absolute atomic E-state index is 4.15. The summed E-state index contributed by atoms with van der Waals surface area (Å²) < 4.78 is 2.96. The molecule has 0 aliphatic rings. The third-order valence-electron chi connectivity index (χ3n) is 2.64. The molecule has 0 saturated heterocycles. The molecular weight excluding hydrogens is 280 g/mol. The summed E-state index contributed by atoms with van der Waals surface area (Å²) >= 11 is 3.53. The van der Waals surface area contributed by atoms with Crippen LogP contribution in [0.2, 0.25) is 0 Å². The van der Waals surface area contributed by atoms with Crippen LogP contribution in [0.5, 0.6) is 0 Å². The highest BCUT2D eigenvalue weighted by molar-refractivity contribution is 9.10. The van der Waals surface area contributed by atoms with Gasteiger partial charge in [-0.2, -0.15) is 0 Å². The monoisotopic (exact) mass is 294 g/mol. The van der Waals surface area contributed by atoms with E-state index in [9.17, 15) is 0 Å². The first-order chi connectivity index (χ1) is 8.24. The van der Waals surface area contributed by atoms with E-state index in [2.05, 4.69) is 45.4 Å². The molecule has 90 valence electrons. The van der Waals surface area contributed by atoms with E-state index in [0.717, 1.165) is 34.5 Å². The lowest BCUT2D eigenvalue weighted by Gasteiger charge is -2.10. The quantitative estimate of drug-likeness (QED) is 0.942. The van der Waals surface area contributed by atoms with Crippen LogP contribution in [0.1, 0.15) is 18.2 Å². The van der Waals surface area contributed by atoms with E-state index in [1.165, 1.54) is 0 Å². The van der Waals surface area contributed by atoms with Crippen molar-refractivity contribution in [3.63, 3.8) is 0 Å². The summed E-state index contributed by atoms with van der Waals surface area (Å²) in [5.74, 6) is 0. The molecule has 2 rings (SSSR count). The van der Waals surface area contributed by atoms with Crippen LogP contribution in [0.25, 0.3) is 5.69 Å². The highest BCUT2D eigenvalue weighted by Gasteiger charge is 2.09. The van der Waals surface area contributed by atoms with Crippen LogP contribution in [0.15, 0.2) is 28.9 Å². The van der Waals surface area contributed by atoms with E-state index in [-0.39, 0.29) is 0 Å². The van der Waals surface area contributed by atoms with Crippen LogP contribution in [-0.2, 0) is 6.54 Å². The molecule has 0 aliphatic heterocycles. The normalized spacial score (nSPS) is 10.8. The minimum Gasteiger partial charge on any atom is -0.311 e. The van der Waals surface area contributed by atoms with Gasteiger partial charge in [0, 0.05) is 11.0 Å². The summed E-state index contributed by atoms with van der Waals surface area (Å²) in [6.07, 6.45) is 1.79. The van der Waals surface area contributed by atoms with Gasteiger partial charge in [0.2, 0.25) is 0 Å². The molecule has 0 atom stereocenters. The Morgan fingerprint density at radius 2 is 2.24 bits per heavy atom. The topological polar surface area (TPSA) is 42.7 Å². The number of hydrogen-bond acceptors (Lipinski definition) is 3. The van der Waals surface area contributed by atoms with Crippen LogP contribution in [0.3, 0.4) is 0 Å². The van der Waals surface area contributed by atoms with E-state index < -0.39 is 0 Å². The number of aromatic nitrogens is 3. The van der Waals surface area contributed by atoms with E-state index in [1.807, 2.05) is 22.9 Å². The van der Waals surface area contributed by atoms with Gasteiger partial charge in [0.1, 0.15) is 0 Å². The van der Waals surface area contributed by atoms with Gasteiger partial charge in [-0.15, -0.1) is 5.10 Å². The molecule has 0 bridgehead atoms. The molecule has 0 spiro atoms. The first-order valence-electron chi connectivity index (χ1n) is 5.59. The highest BCUT2D eigenvalue weighted by atomic mass is 79.9. The van der Waals surface area contributed by atoms with Crippen molar-refractivity contribution in [1.29, 1.82) is 0 Å². The number of benzene rings is 1. The maximum atomic E-state index is 4.15. The van der Waals surface area contributed by atoms with Crippen LogP contribution < -0.4 is 5.32 Å². The van der Waals surface area contributed by atoms with Gasteiger partial charge in [-0.25, -0.2) is 4.68 Å². The molecule has 0 unspecified atom stereocenters. The first-order valence-corrected chi connectivity index (χ1v) is 6.39. The smallest absolute Gasteiger partial charge is 0.0783 e. The maximum Gasteiger partial charge on any atom is 0.0783 e. The minimum atomic E-state index is 0.773. The summed E-state index contributed by atoms with van der Waals surface area (Å²) in [4.78, 5) is 0. The Morgan fingerprint density at radius 1 is 1.41 bits per heavy atom. The predicted octanol–water partition coefficient (Wildman–Crippen LogP) is 2.45. The second-order valence-electron chi connectivity index (χ2n) is 3.80. The van der Waals surface area contributed by atoms with Crippen LogP contribution in [0.4, 0.5) is 0 Å².